The Bertz CT molecular complexity index is 1070. The summed E-state index contributed by atoms with van der Waals surface area (Å²) in [5.74, 6) is -0.0317. The summed E-state index contributed by atoms with van der Waals surface area (Å²) in [5, 5.41) is 4.72. The van der Waals surface area contributed by atoms with Crippen LogP contribution in [0.25, 0.3) is 17.1 Å². The molecule has 0 unspecified atom stereocenters. The van der Waals surface area contributed by atoms with Gasteiger partial charge in [0.15, 0.2) is 5.82 Å². The van der Waals surface area contributed by atoms with Gasteiger partial charge in [0.2, 0.25) is 10.7 Å². The number of piperidine rings is 1. The van der Waals surface area contributed by atoms with E-state index in [0.29, 0.717) is 22.8 Å². The lowest BCUT2D eigenvalue weighted by atomic mass is 9.97. The van der Waals surface area contributed by atoms with Crippen molar-refractivity contribution in [1.29, 1.82) is 0 Å². The number of rotatable bonds is 5. The summed E-state index contributed by atoms with van der Waals surface area (Å²) in [5.41, 5.74) is 6.96. The first kappa shape index (κ1) is 19.5. The standard InChI is InChI=1S/C21H22FN5OS/c22-17-6-4-5-16(13-17)20-24-26(14-25-11-9-15(10-12-25)19(23)28)21(29)27(20)18-7-2-1-3-8-18/h1-8,13,15H,9-12,14H2,(H2,23,28). The quantitative estimate of drug-likeness (QED) is 0.654. The first-order valence-electron chi connectivity index (χ1n) is 9.56. The minimum absolute atomic E-state index is 0.0658. The Morgan fingerprint density at radius 3 is 2.52 bits per heavy atom. The molecule has 2 N–H and O–H groups in total. The van der Waals surface area contributed by atoms with Crippen molar-refractivity contribution in [2.75, 3.05) is 13.1 Å². The summed E-state index contributed by atoms with van der Waals surface area (Å²) in [6.07, 6.45) is 1.47. The first-order chi connectivity index (χ1) is 14.0. The van der Waals surface area contributed by atoms with Gasteiger partial charge in [-0.15, -0.1) is 5.10 Å². The maximum absolute atomic E-state index is 13.9. The van der Waals surface area contributed by atoms with Crippen molar-refractivity contribution < 1.29 is 9.18 Å². The lowest BCUT2D eigenvalue weighted by Crippen LogP contribution is -2.39. The Kier molecular flexibility index (Phi) is 5.55. The second-order valence-corrected chi connectivity index (χ2v) is 7.59. The minimum Gasteiger partial charge on any atom is -0.369 e. The molecule has 3 aromatic rings. The number of halogens is 1. The molecule has 1 aromatic heterocycles. The zero-order valence-electron chi connectivity index (χ0n) is 15.9. The molecule has 6 nitrogen and oxygen atoms in total. The fourth-order valence-electron chi connectivity index (χ4n) is 3.67. The Balaban J connectivity index is 1.69. The normalized spacial score (nSPS) is 15.5. The second kappa shape index (κ2) is 8.26. The van der Waals surface area contributed by atoms with Gasteiger partial charge in [0.1, 0.15) is 5.82 Å². The molecule has 1 aliphatic heterocycles. The Morgan fingerprint density at radius 2 is 1.86 bits per heavy atom. The molecule has 150 valence electrons. The van der Waals surface area contributed by atoms with Gasteiger partial charge in [-0.05, 0) is 49.3 Å². The summed E-state index contributed by atoms with van der Waals surface area (Å²) in [6, 6.07) is 16.0. The number of carbonyl (C=O) groups is 1. The van der Waals surface area contributed by atoms with Crippen LogP contribution in [0.3, 0.4) is 0 Å². The Morgan fingerprint density at radius 1 is 1.14 bits per heavy atom. The van der Waals surface area contributed by atoms with E-state index < -0.39 is 0 Å². The molecule has 4 rings (SSSR count). The molecular weight excluding hydrogens is 389 g/mol. The van der Waals surface area contributed by atoms with E-state index in [2.05, 4.69) is 4.90 Å². The smallest absolute Gasteiger partial charge is 0.220 e. The average molecular weight is 412 g/mol. The van der Waals surface area contributed by atoms with Gasteiger partial charge in [0.05, 0.1) is 6.67 Å². The number of carbonyl (C=O) groups excluding carboxylic acids is 1. The van der Waals surface area contributed by atoms with E-state index >= 15 is 0 Å². The zero-order valence-corrected chi connectivity index (χ0v) is 16.7. The van der Waals surface area contributed by atoms with Crippen LogP contribution in [0.5, 0.6) is 0 Å². The molecule has 8 heteroatoms. The molecule has 0 spiro atoms. The van der Waals surface area contributed by atoms with Gasteiger partial charge in [-0.25, -0.2) is 9.07 Å². The van der Waals surface area contributed by atoms with E-state index in [9.17, 15) is 9.18 Å². The number of hydrogen-bond acceptors (Lipinski definition) is 4. The molecule has 0 radical (unpaired) electrons. The van der Waals surface area contributed by atoms with Crippen LogP contribution in [0.1, 0.15) is 12.8 Å². The molecule has 1 aliphatic rings. The van der Waals surface area contributed by atoms with Crippen LogP contribution in [-0.4, -0.2) is 38.2 Å². The molecule has 0 bridgehead atoms. The maximum atomic E-state index is 13.9. The number of primary amides is 1. The van der Waals surface area contributed by atoms with E-state index in [-0.39, 0.29) is 17.6 Å². The van der Waals surface area contributed by atoms with Crippen molar-refractivity contribution in [3.63, 3.8) is 0 Å². The van der Waals surface area contributed by atoms with E-state index in [0.717, 1.165) is 31.6 Å². The van der Waals surface area contributed by atoms with Gasteiger partial charge in [-0.3, -0.25) is 14.3 Å². The first-order valence-corrected chi connectivity index (χ1v) is 9.96. The minimum atomic E-state index is -0.323. The fraction of sp³-hybridized carbons (Fsp3) is 0.286. The third kappa shape index (κ3) is 4.13. The molecule has 1 saturated heterocycles. The van der Waals surface area contributed by atoms with Crippen molar-refractivity contribution in [2.24, 2.45) is 11.7 Å². The van der Waals surface area contributed by atoms with Crippen LogP contribution < -0.4 is 5.73 Å². The van der Waals surface area contributed by atoms with Crippen molar-refractivity contribution in [3.05, 3.63) is 65.2 Å². The molecule has 0 saturated carbocycles. The highest BCUT2D eigenvalue weighted by Crippen LogP contribution is 2.24. The largest absolute Gasteiger partial charge is 0.369 e. The predicted molar refractivity (Wildman–Crippen MR) is 111 cm³/mol. The van der Waals surface area contributed by atoms with Gasteiger partial charge >= 0.3 is 0 Å². The number of nitrogens with zero attached hydrogens (tertiary/aromatic N) is 4. The van der Waals surface area contributed by atoms with Gasteiger partial charge in [-0.1, -0.05) is 30.3 Å². The lowest BCUT2D eigenvalue weighted by Gasteiger charge is -2.29. The average Bonchev–Trinajstić information content (AvgIpc) is 3.05. The van der Waals surface area contributed by atoms with Crippen molar-refractivity contribution >= 4 is 18.1 Å². The highest BCUT2D eigenvalue weighted by molar-refractivity contribution is 7.71. The monoisotopic (exact) mass is 411 g/mol. The maximum Gasteiger partial charge on any atom is 0.220 e. The number of nitrogens with two attached hydrogens (primary N) is 1. The topological polar surface area (TPSA) is 69.1 Å². The molecule has 1 amide bonds. The van der Waals surface area contributed by atoms with Crippen molar-refractivity contribution in [3.8, 4) is 17.1 Å². The van der Waals surface area contributed by atoms with Gasteiger partial charge in [0.25, 0.3) is 0 Å². The summed E-state index contributed by atoms with van der Waals surface area (Å²) in [6.45, 7) is 2.01. The predicted octanol–water partition coefficient (Wildman–Crippen LogP) is 3.36. The fourth-order valence-corrected chi connectivity index (χ4v) is 3.96. The molecular formula is C21H22FN5OS. The van der Waals surface area contributed by atoms with Crippen LogP contribution in [0.2, 0.25) is 0 Å². The third-order valence-corrected chi connectivity index (χ3v) is 5.65. The molecule has 29 heavy (non-hydrogen) atoms. The van der Waals surface area contributed by atoms with Crippen molar-refractivity contribution in [2.45, 2.75) is 19.5 Å². The third-order valence-electron chi connectivity index (χ3n) is 5.26. The van der Waals surface area contributed by atoms with Gasteiger partial charge in [-0.2, -0.15) is 0 Å². The number of benzene rings is 2. The van der Waals surface area contributed by atoms with E-state index in [1.54, 1.807) is 10.7 Å². The zero-order chi connectivity index (χ0) is 20.4. The van der Waals surface area contributed by atoms with E-state index in [1.807, 2.05) is 41.0 Å². The van der Waals surface area contributed by atoms with Crippen molar-refractivity contribution in [1.82, 2.24) is 19.2 Å². The lowest BCUT2D eigenvalue weighted by molar-refractivity contribution is -0.123. The SMILES string of the molecule is NC(=O)C1CCN(Cn2nc(-c3cccc(F)c3)n(-c3ccccc3)c2=S)CC1. The number of aromatic nitrogens is 3. The number of hydrogen-bond donors (Lipinski definition) is 1. The highest BCUT2D eigenvalue weighted by atomic mass is 32.1. The van der Waals surface area contributed by atoms with Crippen LogP contribution in [0, 0.1) is 16.5 Å². The summed E-state index contributed by atoms with van der Waals surface area (Å²) < 4.78 is 18.0. The molecule has 1 fully saturated rings. The highest BCUT2D eigenvalue weighted by Gasteiger charge is 2.24. The molecule has 0 atom stereocenters. The summed E-state index contributed by atoms with van der Waals surface area (Å²) in [4.78, 5) is 13.6. The molecule has 0 aliphatic carbocycles. The number of para-hydroxylation sites is 1. The number of amides is 1. The second-order valence-electron chi connectivity index (χ2n) is 7.22. The summed E-state index contributed by atoms with van der Waals surface area (Å²) in [7, 11) is 0. The van der Waals surface area contributed by atoms with Crippen LogP contribution in [0.15, 0.2) is 54.6 Å². The molecule has 2 aromatic carbocycles. The van der Waals surface area contributed by atoms with E-state index in [4.69, 9.17) is 23.1 Å². The molecule has 2 heterocycles. The Hall–Kier alpha value is -2.84. The van der Waals surface area contributed by atoms with Crippen LogP contribution in [-0.2, 0) is 11.5 Å². The number of likely N-dealkylation sites (tertiary alicyclic amines) is 1. The van der Waals surface area contributed by atoms with Crippen LogP contribution in [0.4, 0.5) is 4.39 Å². The summed E-state index contributed by atoms with van der Waals surface area (Å²) >= 11 is 5.73. The van der Waals surface area contributed by atoms with Gasteiger partial charge < -0.3 is 5.73 Å². The van der Waals surface area contributed by atoms with E-state index in [1.165, 1.54) is 12.1 Å². The van der Waals surface area contributed by atoms with Crippen LogP contribution >= 0.6 is 12.2 Å². The van der Waals surface area contributed by atoms with Gasteiger partial charge in [0, 0.05) is 30.3 Å². The Labute approximate surface area is 173 Å².